The molecule has 0 spiro atoms. The predicted octanol–water partition coefficient (Wildman–Crippen LogP) is 0.684. The summed E-state index contributed by atoms with van der Waals surface area (Å²) in [4.78, 5) is 18.5. The highest BCUT2D eigenvalue weighted by atomic mass is 16.5. The SMILES string of the molecule is CCOC1(c2ncc(C#N)c(=O)[nH]2)CCOCC1. The summed E-state index contributed by atoms with van der Waals surface area (Å²) in [6, 6.07) is 1.80. The molecule has 6 nitrogen and oxygen atoms in total. The van der Waals surface area contributed by atoms with Crippen LogP contribution in [0.15, 0.2) is 11.0 Å². The van der Waals surface area contributed by atoms with Gasteiger partial charge in [0.25, 0.3) is 5.56 Å². The van der Waals surface area contributed by atoms with Gasteiger partial charge in [0.05, 0.1) is 6.20 Å². The molecule has 2 heterocycles. The Hall–Kier alpha value is -1.71. The number of nitriles is 1. The van der Waals surface area contributed by atoms with E-state index < -0.39 is 11.2 Å². The number of hydrogen-bond acceptors (Lipinski definition) is 5. The lowest BCUT2D eigenvalue weighted by atomic mass is 9.93. The van der Waals surface area contributed by atoms with E-state index in [1.54, 1.807) is 6.07 Å². The van der Waals surface area contributed by atoms with Gasteiger partial charge in [-0.15, -0.1) is 0 Å². The molecule has 6 heteroatoms. The minimum Gasteiger partial charge on any atom is -0.381 e. The zero-order chi connectivity index (χ0) is 13.0. The molecule has 1 aliphatic heterocycles. The summed E-state index contributed by atoms with van der Waals surface area (Å²) in [5.41, 5.74) is -1.01. The molecule has 1 aromatic rings. The van der Waals surface area contributed by atoms with Gasteiger partial charge < -0.3 is 14.5 Å². The van der Waals surface area contributed by atoms with Crippen molar-refractivity contribution < 1.29 is 9.47 Å². The van der Waals surface area contributed by atoms with Crippen LogP contribution in [-0.2, 0) is 15.1 Å². The van der Waals surface area contributed by atoms with Crippen molar-refractivity contribution >= 4 is 0 Å². The van der Waals surface area contributed by atoms with Gasteiger partial charge in [0.2, 0.25) is 0 Å². The van der Waals surface area contributed by atoms with E-state index >= 15 is 0 Å². The first kappa shape index (κ1) is 12.7. The van der Waals surface area contributed by atoms with E-state index in [4.69, 9.17) is 14.7 Å². The Morgan fingerprint density at radius 1 is 1.61 bits per heavy atom. The minimum atomic E-state index is -0.597. The van der Waals surface area contributed by atoms with Gasteiger partial charge in [-0.25, -0.2) is 4.98 Å². The molecular weight excluding hydrogens is 234 g/mol. The van der Waals surface area contributed by atoms with Gasteiger partial charge in [-0.2, -0.15) is 5.26 Å². The fourth-order valence-corrected chi connectivity index (χ4v) is 2.13. The van der Waals surface area contributed by atoms with Crippen LogP contribution in [0.2, 0.25) is 0 Å². The zero-order valence-electron chi connectivity index (χ0n) is 10.2. The van der Waals surface area contributed by atoms with Crippen molar-refractivity contribution in [2.75, 3.05) is 19.8 Å². The van der Waals surface area contributed by atoms with E-state index in [0.29, 0.717) is 38.5 Å². The van der Waals surface area contributed by atoms with Gasteiger partial charge in [0.1, 0.15) is 23.1 Å². The molecule has 0 radical (unpaired) electrons. The average molecular weight is 249 g/mol. The lowest BCUT2D eigenvalue weighted by Gasteiger charge is -2.35. The van der Waals surface area contributed by atoms with Crippen LogP contribution in [0.1, 0.15) is 31.2 Å². The molecule has 1 fully saturated rings. The van der Waals surface area contributed by atoms with Crippen LogP contribution in [0.3, 0.4) is 0 Å². The first-order valence-corrected chi connectivity index (χ1v) is 5.93. The molecule has 0 unspecified atom stereocenters. The van der Waals surface area contributed by atoms with Crippen molar-refractivity contribution in [2.45, 2.75) is 25.4 Å². The molecule has 0 atom stereocenters. The van der Waals surface area contributed by atoms with Crippen LogP contribution in [0.5, 0.6) is 0 Å². The predicted molar refractivity (Wildman–Crippen MR) is 62.9 cm³/mol. The molecule has 1 aromatic heterocycles. The molecule has 1 saturated heterocycles. The summed E-state index contributed by atoms with van der Waals surface area (Å²) in [7, 11) is 0. The Bertz CT molecular complexity index is 507. The van der Waals surface area contributed by atoms with Crippen LogP contribution in [0.4, 0.5) is 0 Å². The van der Waals surface area contributed by atoms with Gasteiger partial charge in [-0.1, -0.05) is 0 Å². The lowest BCUT2D eigenvalue weighted by molar-refractivity contribution is -0.118. The highest BCUT2D eigenvalue weighted by Crippen LogP contribution is 2.33. The number of H-pyrrole nitrogens is 1. The topological polar surface area (TPSA) is 88.0 Å². The van der Waals surface area contributed by atoms with E-state index in [-0.39, 0.29) is 5.56 Å². The Kier molecular flexibility index (Phi) is 3.75. The van der Waals surface area contributed by atoms with Gasteiger partial charge in [0, 0.05) is 32.7 Å². The second-order valence-corrected chi connectivity index (χ2v) is 4.13. The van der Waals surface area contributed by atoms with Gasteiger partial charge in [-0.3, -0.25) is 4.79 Å². The largest absolute Gasteiger partial charge is 0.381 e. The summed E-state index contributed by atoms with van der Waals surface area (Å²) in [5.74, 6) is 0.483. The molecule has 0 aromatic carbocycles. The molecule has 18 heavy (non-hydrogen) atoms. The zero-order valence-corrected chi connectivity index (χ0v) is 10.2. The third-order valence-corrected chi connectivity index (χ3v) is 3.07. The fourth-order valence-electron chi connectivity index (χ4n) is 2.13. The lowest BCUT2D eigenvalue weighted by Crippen LogP contribution is -2.39. The monoisotopic (exact) mass is 249 g/mol. The number of nitrogens with one attached hydrogen (secondary N) is 1. The second-order valence-electron chi connectivity index (χ2n) is 4.13. The molecule has 2 rings (SSSR count). The van der Waals surface area contributed by atoms with Crippen LogP contribution in [0, 0.1) is 11.3 Å². The van der Waals surface area contributed by atoms with Crippen LogP contribution < -0.4 is 5.56 Å². The van der Waals surface area contributed by atoms with Gasteiger partial charge in [0.15, 0.2) is 0 Å². The Morgan fingerprint density at radius 3 is 2.89 bits per heavy atom. The third-order valence-electron chi connectivity index (χ3n) is 3.07. The number of nitrogens with zero attached hydrogens (tertiary/aromatic N) is 2. The number of rotatable bonds is 3. The molecule has 0 aliphatic carbocycles. The molecule has 0 amide bonds. The van der Waals surface area contributed by atoms with E-state index in [0.717, 1.165) is 0 Å². The van der Waals surface area contributed by atoms with Gasteiger partial charge in [-0.05, 0) is 6.92 Å². The van der Waals surface area contributed by atoms with Crippen molar-refractivity contribution in [1.82, 2.24) is 9.97 Å². The fraction of sp³-hybridized carbons (Fsp3) is 0.583. The first-order chi connectivity index (χ1) is 8.72. The maximum atomic E-state index is 11.7. The summed E-state index contributed by atoms with van der Waals surface area (Å²) in [6.07, 6.45) is 2.59. The minimum absolute atomic E-state index is 0.0115. The van der Waals surface area contributed by atoms with Crippen molar-refractivity contribution in [3.63, 3.8) is 0 Å². The maximum Gasteiger partial charge on any atom is 0.268 e. The summed E-state index contributed by atoms with van der Waals surface area (Å²) >= 11 is 0. The van der Waals surface area contributed by atoms with E-state index in [2.05, 4.69) is 9.97 Å². The van der Waals surface area contributed by atoms with Crippen LogP contribution in [0.25, 0.3) is 0 Å². The number of aromatic nitrogens is 2. The number of aromatic amines is 1. The summed E-state index contributed by atoms with van der Waals surface area (Å²) in [6.45, 7) is 3.58. The van der Waals surface area contributed by atoms with Crippen molar-refractivity contribution in [3.8, 4) is 6.07 Å². The number of hydrogen-bond donors (Lipinski definition) is 1. The quantitative estimate of drug-likeness (QED) is 0.851. The summed E-state index contributed by atoms with van der Waals surface area (Å²) < 4.78 is 11.1. The number of ether oxygens (including phenoxy) is 2. The smallest absolute Gasteiger partial charge is 0.268 e. The summed E-state index contributed by atoms with van der Waals surface area (Å²) in [5, 5.41) is 8.73. The van der Waals surface area contributed by atoms with E-state index in [9.17, 15) is 4.79 Å². The Labute approximate surface area is 105 Å². The molecule has 0 bridgehead atoms. The highest BCUT2D eigenvalue weighted by Gasteiger charge is 2.37. The molecule has 0 saturated carbocycles. The van der Waals surface area contributed by atoms with Crippen LogP contribution >= 0.6 is 0 Å². The molecule has 1 aliphatic rings. The van der Waals surface area contributed by atoms with Crippen molar-refractivity contribution in [1.29, 1.82) is 5.26 Å². The standard InChI is InChI=1S/C12H15N3O3/c1-2-18-12(3-5-17-6-4-12)11-14-8-9(7-13)10(16)15-11/h8H,2-6H2,1H3,(H,14,15,16). The van der Waals surface area contributed by atoms with Crippen molar-refractivity contribution in [2.24, 2.45) is 0 Å². The van der Waals surface area contributed by atoms with E-state index in [1.165, 1.54) is 6.20 Å². The molecule has 96 valence electrons. The Balaban J connectivity index is 2.40. The first-order valence-electron chi connectivity index (χ1n) is 5.93. The normalized spacial score (nSPS) is 18.2. The highest BCUT2D eigenvalue weighted by molar-refractivity contribution is 5.23. The average Bonchev–Trinajstić information content (AvgIpc) is 2.40. The van der Waals surface area contributed by atoms with E-state index in [1.807, 2.05) is 6.92 Å². The van der Waals surface area contributed by atoms with Crippen LogP contribution in [-0.4, -0.2) is 29.8 Å². The third kappa shape index (κ3) is 2.28. The maximum absolute atomic E-state index is 11.7. The second kappa shape index (κ2) is 5.29. The Morgan fingerprint density at radius 2 is 2.33 bits per heavy atom. The molecular formula is C12H15N3O3. The molecule has 1 N–H and O–H groups in total. The van der Waals surface area contributed by atoms with Crippen molar-refractivity contribution in [3.05, 3.63) is 27.9 Å². The van der Waals surface area contributed by atoms with Gasteiger partial charge >= 0.3 is 0 Å².